The molecule has 1 aromatic rings. The zero-order valence-corrected chi connectivity index (χ0v) is 11.6. The predicted octanol–water partition coefficient (Wildman–Crippen LogP) is 3.37. The van der Waals surface area contributed by atoms with Gasteiger partial charge in [0.05, 0.1) is 6.61 Å². The second-order valence-electron chi connectivity index (χ2n) is 4.96. The quantitative estimate of drug-likeness (QED) is 0.869. The van der Waals surface area contributed by atoms with Gasteiger partial charge in [0.1, 0.15) is 5.75 Å². The lowest BCUT2D eigenvalue weighted by Crippen LogP contribution is -2.33. The molecule has 1 N–H and O–H groups in total. The van der Waals surface area contributed by atoms with E-state index >= 15 is 0 Å². The van der Waals surface area contributed by atoms with Gasteiger partial charge in [0.15, 0.2) is 0 Å². The molecule has 20 heavy (non-hydrogen) atoms. The molecule has 1 heterocycles. The van der Waals surface area contributed by atoms with E-state index in [4.69, 9.17) is 4.74 Å². The zero-order chi connectivity index (χ0) is 14.4. The molecular formula is C15H21F2NO2. The normalized spacial score (nSPS) is 20.9. The molecule has 1 aromatic carbocycles. The van der Waals surface area contributed by atoms with Gasteiger partial charge in [-0.25, -0.2) is 0 Å². The first-order chi connectivity index (χ1) is 9.70. The van der Waals surface area contributed by atoms with E-state index in [0.717, 1.165) is 31.6 Å². The Morgan fingerprint density at radius 3 is 2.95 bits per heavy atom. The topological polar surface area (TPSA) is 30.5 Å². The lowest BCUT2D eigenvalue weighted by Gasteiger charge is -2.31. The predicted molar refractivity (Wildman–Crippen MR) is 73.0 cm³/mol. The SMILES string of the molecule is CCNC(c1cccc(OC(F)F)c1)C1CCCOC1. The third-order valence-corrected chi connectivity index (χ3v) is 3.53. The van der Waals surface area contributed by atoms with Crippen LogP contribution in [0.1, 0.15) is 31.4 Å². The fourth-order valence-corrected chi connectivity index (χ4v) is 2.69. The minimum atomic E-state index is -2.79. The van der Waals surface area contributed by atoms with Crippen LogP contribution in [0.2, 0.25) is 0 Å². The van der Waals surface area contributed by atoms with E-state index in [-0.39, 0.29) is 11.8 Å². The van der Waals surface area contributed by atoms with E-state index in [1.807, 2.05) is 13.0 Å². The minimum absolute atomic E-state index is 0.113. The third-order valence-electron chi connectivity index (χ3n) is 3.53. The number of rotatable bonds is 6. The lowest BCUT2D eigenvalue weighted by atomic mass is 9.88. The van der Waals surface area contributed by atoms with Crippen LogP contribution >= 0.6 is 0 Å². The van der Waals surface area contributed by atoms with E-state index in [1.54, 1.807) is 18.2 Å². The molecule has 1 aliphatic rings. The maximum Gasteiger partial charge on any atom is 0.387 e. The maximum atomic E-state index is 12.3. The molecule has 0 aliphatic carbocycles. The average molecular weight is 285 g/mol. The largest absolute Gasteiger partial charge is 0.435 e. The van der Waals surface area contributed by atoms with Gasteiger partial charge < -0.3 is 14.8 Å². The summed E-state index contributed by atoms with van der Waals surface area (Å²) in [6.45, 7) is 1.58. The summed E-state index contributed by atoms with van der Waals surface area (Å²) in [4.78, 5) is 0. The molecule has 1 fully saturated rings. The molecule has 1 saturated heterocycles. The smallest absolute Gasteiger partial charge is 0.387 e. The molecule has 2 unspecified atom stereocenters. The number of benzene rings is 1. The Kier molecular flexibility index (Phi) is 5.73. The summed E-state index contributed by atoms with van der Waals surface area (Å²) in [5.74, 6) is 0.572. The van der Waals surface area contributed by atoms with Gasteiger partial charge in [-0.1, -0.05) is 19.1 Å². The average Bonchev–Trinajstić information content (AvgIpc) is 2.45. The van der Waals surface area contributed by atoms with Crippen molar-refractivity contribution in [3.63, 3.8) is 0 Å². The van der Waals surface area contributed by atoms with Crippen molar-refractivity contribution in [1.82, 2.24) is 5.32 Å². The number of hydrogen-bond donors (Lipinski definition) is 1. The number of alkyl halides is 2. The molecule has 0 spiro atoms. The highest BCUT2D eigenvalue weighted by Gasteiger charge is 2.25. The van der Waals surface area contributed by atoms with E-state index in [2.05, 4.69) is 10.1 Å². The molecule has 3 nitrogen and oxygen atoms in total. The van der Waals surface area contributed by atoms with Crippen LogP contribution in [0.3, 0.4) is 0 Å². The Morgan fingerprint density at radius 1 is 1.45 bits per heavy atom. The molecule has 0 aromatic heterocycles. The van der Waals surface area contributed by atoms with Gasteiger partial charge in [-0.15, -0.1) is 0 Å². The molecule has 112 valence electrons. The highest BCUT2D eigenvalue weighted by molar-refractivity contribution is 5.31. The molecular weight excluding hydrogens is 264 g/mol. The monoisotopic (exact) mass is 285 g/mol. The minimum Gasteiger partial charge on any atom is -0.435 e. The van der Waals surface area contributed by atoms with E-state index in [0.29, 0.717) is 12.5 Å². The lowest BCUT2D eigenvalue weighted by molar-refractivity contribution is -0.0499. The van der Waals surface area contributed by atoms with Crippen molar-refractivity contribution in [2.75, 3.05) is 19.8 Å². The van der Waals surface area contributed by atoms with Crippen LogP contribution in [0.25, 0.3) is 0 Å². The Balaban J connectivity index is 2.15. The van der Waals surface area contributed by atoms with Crippen LogP contribution in [0, 0.1) is 5.92 Å². The van der Waals surface area contributed by atoms with Crippen LogP contribution in [-0.4, -0.2) is 26.4 Å². The van der Waals surface area contributed by atoms with Gasteiger partial charge in [-0.2, -0.15) is 8.78 Å². The van der Waals surface area contributed by atoms with Crippen LogP contribution in [-0.2, 0) is 4.74 Å². The van der Waals surface area contributed by atoms with Crippen molar-refractivity contribution in [2.45, 2.75) is 32.4 Å². The molecule has 0 bridgehead atoms. The molecule has 0 amide bonds. The zero-order valence-electron chi connectivity index (χ0n) is 11.6. The van der Waals surface area contributed by atoms with E-state index in [9.17, 15) is 8.78 Å². The van der Waals surface area contributed by atoms with Crippen molar-refractivity contribution >= 4 is 0 Å². The number of hydrogen-bond acceptors (Lipinski definition) is 3. The Bertz CT molecular complexity index is 409. The van der Waals surface area contributed by atoms with Gasteiger partial charge in [0, 0.05) is 18.6 Å². The summed E-state index contributed by atoms with van der Waals surface area (Å²) >= 11 is 0. The summed E-state index contributed by atoms with van der Waals surface area (Å²) in [6.07, 6.45) is 2.12. The van der Waals surface area contributed by atoms with Crippen molar-refractivity contribution in [1.29, 1.82) is 0 Å². The Hall–Kier alpha value is -1.20. The molecule has 1 aliphatic heterocycles. The summed E-state index contributed by atoms with van der Waals surface area (Å²) in [5.41, 5.74) is 0.973. The highest BCUT2D eigenvalue weighted by Crippen LogP contribution is 2.30. The van der Waals surface area contributed by atoms with Gasteiger partial charge in [0.25, 0.3) is 0 Å². The van der Waals surface area contributed by atoms with Crippen LogP contribution in [0.5, 0.6) is 5.75 Å². The second kappa shape index (κ2) is 7.55. The van der Waals surface area contributed by atoms with Crippen molar-refractivity contribution in [3.05, 3.63) is 29.8 Å². The number of ether oxygens (including phenoxy) is 2. The number of halogens is 2. The van der Waals surface area contributed by atoms with Gasteiger partial charge in [-0.05, 0) is 37.1 Å². The van der Waals surface area contributed by atoms with Crippen molar-refractivity contribution in [2.24, 2.45) is 5.92 Å². The fraction of sp³-hybridized carbons (Fsp3) is 0.600. The summed E-state index contributed by atoms with van der Waals surface area (Å²) in [5, 5.41) is 3.43. The Labute approximate surface area is 118 Å². The second-order valence-corrected chi connectivity index (χ2v) is 4.96. The third kappa shape index (κ3) is 4.15. The van der Waals surface area contributed by atoms with Crippen LogP contribution < -0.4 is 10.1 Å². The van der Waals surface area contributed by atoms with Crippen LogP contribution in [0.15, 0.2) is 24.3 Å². The van der Waals surface area contributed by atoms with E-state index in [1.165, 1.54) is 0 Å². The van der Waals surface area contributed by atoms with Gasteiger partial charge >= 0.3 is 6.61 Å². The Morgan fingerprint density at radius 2 is 2.30 bits per heavy atom. The molecule has 0 saturated carbocycles. The van der Waals surface area contributed by atoms with Gasteiger partial charge in [-0.3, -0.25) is 0 Å². The summed E-state index contributed by atoms with van der Waals surface area (Å²) in [7, 11) is 0. The first-order valence-electron chi connectivity index (χ1n) is 7.06. The van der Waals surface area contributed by atoms with E-state index < -0.39 is 6.61 Å². The summed E-state index contributed by atoms with van der Waals surface area (Å²) < 4.78 is 34.6. The van der Waals surface area contributed by atoms with Crippen molar-refractivity contribution < 1.29 is 18.3 Å². The standard InChI is InChI=1S/C15H21F2NO2/c1-2-18-14(12-6-4-8-19-10-12)11-5-3-7-13(9-11)20-15(16)17/h3,5,7,9,12,14-15,18H,2,4,6,8,10H2,1H3. The molecule has 2 rings (SSSR count). The fourth-order valence-electron chi connectivity index (χ4n) is 2.69. The van der Waals surface area contributed by atoms with Crippen LogP contribution in [0.4, 0.5) is 8.78 Å². The highest BCUT2D eigenvalue weighted by atomic mass is 19.3. The molecule has 0 radical (unpaired) electrons. The number of nitrogens with one attached hydrogen (secondary N) is 1. The molecule has 5 heteroatoms. The summed E-state index contributed by atoms with van der Waals surface area (Å²) in [6, 6.07) is 7.05. The van der Waals surface area contributed by atoms with Gasteiger partial charge in [0.2, 0.25) is 0 Å². The molecule has 2 atom stereocenters. The maximum absolute atomic E-state index is 12.3. The van der Waals surface area contributed by atoms with Crippen molar-refractivity contribution in [3.8, 4) is 5.75 Å². The first kappa shape index (κ1) is 15.2. The first-order valence-corrected chi connectivity index (χ1v) is 7.06.